The molecule has 1 heterocycles. The first-order valence-corrected chi connectivity index (χ1v) is 10.3. The van der Waals surface area contributed by atoms with Crippen LogP contribution in [0.3, 0.4) is 0 Å². The Labute approximate surface area is 137 Å². The highest BCUT2D eigenvalue weighted by atomic mass is 32.2. The summed E-state index contributed by atoms with van der Waals surface area (Å²) < 4.78 is 23.3. The number of hydrogen-bond donors (Lipinski definition) is 0. The van der Waals surface area contributed by atoms with Gasteiger partial charge in [-0.15, -0.1) is 11.8 Å². The predicted molar refractivity (Wildman–Crippen MR) is 90.9 cm³/mol. The van der Waals surface area contributed by atoms with Crippen molar-refractivity contribution >= 4 is 27.5 Å². The molecule has 1 aromatic carbocycles. The van der Waals surface area contributed by atoms with Gasteiger partial charge in [-0.3, -0.25) is 4.79 Å². The smallest absolute Gasteiger partial charge is 0.236 e. The minimum absolute atomic E-state index is 0.0242. The first kappa shape index (κ1) is 17.3. The van der Waals surface area contributed by atoms with Crippen molar-refractivity contribution in [3.63, 3.8) is 0 Å². The molecule has 1 aliphatic rings. The third-order valence-electron chi connectivity index (χ3n) is 3.92. The van der Waals surface area contributed by atoms with Gasteiger partial charge in [-0.2, -0.15) is 0 Å². The van der Waals surface area contributed by atoms with E-state index >= 15 is 0 Å². The van der Waals surface area contributed by atoms with E-state index in [4.69, 9.17) is 0 Å². The highest BCUT2D eigenvalue weighted by Crippen LogP contribution is 2.27. The fourth-order valence-corrected chi connectivity index (χ4v) is 5.58. The summed E-state index contributed by atoms with van der Waals surface area (Å²) in [6.07, 6.45) is 0.559. The third kappa shape index (κ3) is 4.26. The Morgan fingerprint density at radius 2 is 2.18 bits per heavy atom. The van der Waals surface area contributed by atoms with Crippen LogP contribution in [-0.4, -0.2) is 48.6 Å². The zero-order valence-electron chi connectivity index (χ0n) is 13.3. The fraction of sp³-hybridized carbons (Fsp3) is 0.562. The lowest BCUT2D eigenvalue weighted by Gasteiger charge is -2.29. The molecule has 1 saturated heterocycles. The van der Waals surface area contributed by atoms with Crippen LogP contribution in [0.4, 0.5) is 0 Å². The molecule has 0 N–H and O–H groups in total. The second-order valence-corrected chi connectivity index (χ2v) is 9.40. The molecule has 1 fully saturated rings. The molecule has 22 heavy (non-hydrogen) atoms. The molecule has 2 atom stereocenters. The minimum Gasteiger partial charge on any atom is -0.338 e. The van der Waals surface area contributed by atoms with E-state index in [0.29, 0.717) is 13.0 Å². The summed E-state index contributed by atoms with van der Waals surface area (Å²) in [6.45, 7) is 6.38. The molecule has 0 bridgehead atoms. The molecule has 0 spiro atoms. The molecule has 2 rings (SSSR count). The molecule has 6 heteroatoms. The standard InChI is InChI=1S/C16H23NO3S2/c1-4-17(14-8-9-22(19,20)11-14)16(18)13(3)21-15-7-5-6-12(2)10-15/h5-7,10,13-14H,4,8-9,11H2,1-3H3. The molecule has 1 amide bonds. The van der Waals surface area contributed by atoms with Crippen molar-refractivity contribution < 1.29 is 13.2 Å². The summed E-state index contributed by atoms with van der Waals surface area (Å²) in [7, 11) is -2.97. The van der Waals surface area contributed by atoms with E-state index in [9.17, 15) is 13.2 Å². The van der Waals surface area contributed by atoms with Crippen molar-refractivity contribution in [2.24, 2.45) is 0 Å². The van der Waals surface area contributed by atoms with Gasteiger partial charge in [0.05, 0.1) is 16.8 Å². The van der Waals surface area contributed by atoms with E-state index in [1.165, 1.54) is 17.3 Å². The van der Waals surface area contributed by atoms with Gasteiger partial charge in [0.15, 0.2) is 9.84 Å². The maximum atomic E-state index is 12.7. The van der Waals surface area contributed by atoms with Gasteiger partial charge in [0.1, 0.15) is 0 Å². The zero-order chi connectivity index (χ0) is 16.3. The number of amides is 1. The minimum atomic E-state index is -2.97. The Balaban J connectivity index is 2.05. The van der Waals surface area contributed by atoms with E-state index in [0.717, 1.165) is 4.90 Å². The molecule has 1 aliphatic heterocycles. The average molecular weight is 341 g/mol. The highest BCUT2D eigenvalue weighted by Gasteiger charge is 2.35. The molecule has 1 aromatic rings. The topological polar surface area (TPSA) is 54.5 Å². The van der Waals surface area contributed by atoms with Crippen molar-refractivity contribution in [1.82, 2.24) is 4.90 Å². The third-order valence-corrected chi connectivity index (χ3v) is 6.75. The maximum Gasteiger partial charge on any atom is 0.236 e. The Hall–Kier alpha value is -1.01. The number of carbonyl (C=O) groups excluding carboxylic acids is 1. The van der Waals surface area contributed by atoms with Crippen LogP contribution in [0.15, 0.2) is 29.2 Å². The Bertz CT molecular complexity index is 643. The van der Waals surface area contributed by atoms with Crippen LogP contribution >= 0.6 is 11.8 Å². The van der Waals surface area contributed by atoms with Gasteiger partial charge in [-0.25, -0.2) is 8.42 Å². The quantitative estimate of drug-likeness (QED) is 0.772. The molecule has 0 saturated carbocycles. The first-order valence-electron chi connectivity index (χ1n) is 7.56. The zero-order valence-corrected chi connectivity index (χ0v) is 14.9. The number of benzene rings is 1. The number of aryl methyl sites for hydroxylation is 1. The van der Waals surface area contributed by atoms with E-state index < -0.39 is 9.84 Å². The summed E-state index contributed by atoms with van der Waals surface area (Å²) in [4.78, 5) is 15.5. The van der Waals surface area contributed by atoms with Crippen LogP contribution in [0.1, 0.15) is 25.8 Å². The van der Waals surface area contributed by atoms with Crippen molar-refractivity contribution in [3.8, 4) is 0 Å². The first-order chi connectivity index (χ1) is 10.3. The van der Waals surface area contributed by atoms with Gasteiger partial charge in [0.2, 0.25) is 5.91 Å². The maximum absolute atomic E-state index is 12.7. The normalized spacial score (nSPS) is 21.5. The van der Waals surface area contributed by atoms with Crippen LogP contribution in [0.5, 0.6) is 0 Å². The monoisotopic (exact) mass is 341 g/mol. The molecular weight excluding hydrogens is 318 g/mol. The number of nitrogens with zero attached hydrogens (tertiary/aromatic N) is 1. The summed E-state index contributed by atoms with van der Waals surface area (Å²) in [5.74, 6) is 0.325. The predicted octanol–water partition coefficient (Wildman–Crippen LogP) is 2.51. The Morgan fingerprint density at radius 3 is 2.73 bits per heavy atom. The number of thioether (sulfide) groups is 1. The van der Waals surface area contributed by atoms with Gasteiger partial charge in [-0.1, -0.05) is 17.7 Å². The van der Waals surface area contributed by atoms with Gasteiger partial charge >= 0.3 is 0 Å². The molecule has 2 unspecified atom stereocenters. The summed E-state index contributed by atoms with van der Waals surface area (Å²) in [5.41, 5.74) is 1.17. The van der Waals surface area contributed by atoms with Gasteiger partial charge < -0.3 is 4.90 Å². The second kappa shape index (κ2) is 7.04. The van der Waals surface area contributed by atoms with Crippen molar-refractivity contribution in [2.45, 2.75) is 43.4 Å². The van der Waals surface area contributed by atoms with Crippen molar-refractivity contribution in [2.75, 3.05) is 18.1 Å². The second-order valence-electron chi connectivity index (χ2n) is 5.76. The molecule has 0 aromatic heterocycles. The largest absolute Gasteiger partial charge is 0.338 e. The number of rotatable bonds is 5. The Morgan fingerprint density at radius 1 is 1.45 bits per heavy atom. The van der Waals surface area contributed by atoms with Gasteiger partial charge in [0, 0.05) is 17.5 Å². The SMILES string of the molecule is CCN(C(=O)C(C)Sc1cccc(C)c1)C1CCS(=O)(=O)C1. The molecule has 122 valence electrons. The van der Waals surface area contributed by atoms with Crippen LogP contribution in [0.25, 0.3) is 0 Å². The number of hydrogen-bond acceptors (Lipinski definition) is 4. The van der Waals surface area contributed by atoms with Crippen LogP contribution in [0.2, 0.25) is 0 Å². The van der Waals surface area contributed by atoms with E-state index in [-0.39, 0.29) is 28.7 Å². The summed E-state index contributed by atoms with van der Waals surface area (Å²) in [6, 6.07) is 7.90. The van der Waals surface area contributed by atoms with Crippen LogP contribution in [0, 0.1) is 6.92 Å². The summed E-state index contributed by atoms with van der Waals surface area (Å²) >= 11 is 1.53. The average Bonchev–Trinajstić information content (AvgIpc) is 2.79. The summed E-state index contributed by atoms with van der Waals surface area (Å²) in [5, 5.41) is -0.218. The van der Waals surface area contributed by atoms with Crippen LogP contribution in [-0.2, 0) is 14.6 Å². The van der Waals surface area contributed by atoms with Crippen molar-refractivity contribution in [3.05, 3.63) is 29.8 Å². The van der Waals surface area contributed by atoms with Crippen molar-refractivity contribution in [1.29, 1.82) is 0 Å². The van der Waals surface area contributed by atoms with Crippen LogP contribution < -0.4 is 0 Å². The number of carbonyl (C=O) groups is 1. The molecule has 0 radical (unpaired) electrons. The lowest BCUT2D eigenvalue weighted by atomic mass is 10.2. The Kier molecular flexibility index (Phi) is 5.55. The number of sulfone groups is 1. The fourth-order valence-electron chi connectivity index (χ4n) is 2.79. The molecule has 0 aliphatic carbocycles. The molecule has 4 nitrogen and oxygen atoms in total. The molecular formula is C16H23NO3S2. The lowest BCUT2D eigenvalue weighted by molar-refractivity contribution is -0.131. The van der Waals surface area contributed by atoms with Gasteiger partial charge in [-0.05, 0) is 39.3 Å². The van der Waals surface area contributed by atoms with E-state index in [2.05, 4.69) is 6.07 Å². The van der Waals surface area contributed by atoms with Gasteiger partial charge in [0.25, 0.3) is 0 Å². The highest BCUT2D eigenvalue weighted by molar-refractivity contribution is 8.00. The lowest BCUT2D eigenvalue weighted by Crippen LogP contribution is -2.44. The van der Waals surface area contributed by atoms with E-state index in [1.54, 1.807) is 4.90 Å². The van der Waals surface area contributed by atoms with E-state index in [1.807, 2.05) is 39.0 Å².